The van der Waals surface area contributed by atoms with Crippen LogP contribution in [0, 0.1) is 0 Å². The van der Waals surface area contributed by atoms with E-state index in [0.29, 0.717) is 6.04 Å². The first-order chi connectivity index (χ1) is 8.30. The van der Waals surface area contributed by atoms with Crippen LogP contribution < -0.4 is 5.32 Å². The molecule has 17 heavy (non-hydrogen) atoms. The second-order valence-corrected chi connectivity index (χ2v) is 4.78. The van der Waals surface area contributed by atoms with Crippen molar-refractivity contribution in [2.24, 2.45) is 0 Å². The number of rotatable bonds is 7. The third kappa shape index (κ3) is 5.82. The van der Waals surface area contributed by atoms with Gasteiger partial charge in [0.1, 0.15) is 0 Å². The fourth-order valence-electron chi connectivity index (χ4n) is 2.43. The average molecular weight is 244 g/mol. The van der Waals surface area contributed by atoms with Crippen molar-refractivity contribution in [3.63, 3.8) is 0 Å². The minimum atomic E-state index is -0.120. The molecule has 0 saturated carbocycles. The van der Waals surface area contributed by atoms with E-state index in [0.717, 1.165) is 6.54 Å². The van der Waals surface area contributed by atoms with Gasteiger partial charge in [-0.1, -0.05) is 6.92 Å². The Bertz CT molecular complexity index is 186. The van der Waals surface area contributed by atoms with E-state index in [2.05, 4.69) is 17.1 Å². The van der Waals surface area contributed by atoms with Crippen molar-refractivity contribution in [2.75, 3.05) is 40.4 Å². The highest BCUT2D eigenvalue weighted by molar-refractivity contribution is 4.75. The average Bonchev–Trinajstić information content (AvgIpc) is 2.57. The van der Waals surface area contributed by atoms with E-state index >= 15 is 0 Å². The largest absolute Gasteiger partial charge is 0.355 e. The highest BCUT2D eigenvalue weighted by Gasteiger charge is 2.17. The zero-order valence-corrected chi connectivity index (χ0v) is 11.6. The molecule has 0 radical (unpaired) electrons. The predicted molar refractivity (Wildman–Crippen MR) is 70.2 cm³/mol. The minimum absolute atomic E-state index is 0.120. The van der Waals surface area contributed by atoms with Crippen molar-refractivity contribution in [3.05, 3.63) is 0 Å². The van der Waals surface area contributed by atoms with Gasteiger partial charge in [0.25, 0.3) is 0 Å². The second-order valence-electron chi connectivity index (χ2n) is 4.78. The van der Waals surface area contributed by atoms with Crippen LogP contribution >= 0.6 is 0 Å². The van der Waals surface area contributed by atoms with E-state index in [9.17, 15) is 0 Å². The van der Waals surface area contributed by atoms with Crippen molar-refractivity contribution in [3.8, 4) is 0 Å². The molecule has 0 aromatic rings. The van der Waals surface area contributed by atoms with Gasteiger partial charge >= 0.3 is 0 Å². The lowest BCUT2D eigenvalue weighted by Crippen LogP contribution is -2.37. The molecule has 0 spiro atoms. The molecule has 0 bridgehead atoms. The number of nitrogens with one attached hydrogen (secondary N) is 1. The van der Waals surface area contributed by atoms with Crippen LogP contribution in [-0.2, 0) is 9.47 Å². The van der Waals surface area contributed by atoms with Crippen LogP contribution in [0.15, 0.2) is 0 Å². The molecule has 0 amide bonds. The molecule has 1 unspecified atom stereocenters. The molecule has 4 nitrogen and oxygen atoms in total. The molecule has 1 saturated heterocycles. The van der Waals surface area contributed by atoms with E-state index in [1.165, 1.54) is 45.3 Å². The first kappa shape index (κ1) is 14.9. The fraction of sp³-hybridized carbons (Fsp3) is 1.00. The Balaban J connectivity index is 2.21. The van der Waals surface area contributed by atoms with Gasteiger partial charge in [-0.05, 0) is 45.3 Å². The maximum atomic E-state index is 5.19. The number of methoxy groups -OCH3 is 2. The molecule has 0 aromatic heterocycles. The minimum Gasteiger partial charge on any atom is -0.355 e. The summed E-state index contributed by atoms with van der Waals surface area (Å²) in [6.45, 7) is 6.75. The van der Waals surface area contributed by atoms with Gasteiger partial charge in [0.15, 0.2) is 6.29 Å². The van der Waals surface area contributed by atoms with E-state index in [1.54, 1.807) is 14.2 Å². The van der Waals surface area contributed by atoms with E-state index in [4.69, 9.17) is 9.47 Å². The molecule has 1 atom stereocenters. The van der Waals surface area contributed by atoms with Crippen LogP contribution in [0.4, 0.5) is 0 Å². The maximum Gasteiger partial charge on any atom is 0.169 e. The zero-order chi connectivity index (χ0) is 12.5. The van der Waals surface area contributed by atoms with Crippen LogP contribution in [0.3, 0.4) is 0 Å². The monoisotopic (exact) mass is 244 g/mol. The molecule has 0 aliphatic carbocycles. The zero-order valence-electron chi connectivity index (χ0n) is 11.6. The Morgan fingerprint density at radius 1 is 1.24 bits per heavy atom. The standard InChI is InChI=1S/C13H28N2O2/c1-4-8-15-9-5-6-12(7-10-15)14-11-13(16-2)17-3/h12-14H,4-11H2,1-3H3. The fourth-order valence-corrected chi connectivity index (χ4v) is 2.43. The van der Waals surface area contributed by atoms with Gasteiger partial charge in [0.2, 0.25) is 0 Å². The third-order valence-corrected chi connectivity index (χ3v) is 3.46. The van der Waals surface area contributed by atoms with Crippen molar-refractivity contribution in [2.45, 2.75) is 44.9 Å². The number of hydrogen-bond acceptors (Lipinski definition) is 4. The van der Waals surface area contributed by atoms with Gasteiger partial charge in [-0.2, -0.15) is 0 Å². The summed E-state index contributed by atoms with van der Waals surface area (Å²) in [4.78, 5) is 2.58. The number of ether oxygens (including phenoxy) is 2. The van der Waals surface area contributed by atoms with Crippen LogP contribution in [0.2, 0.25) is 0 Å². The lowest BCUT2D eigenvalue weighted by molar-refractivity contribution is -0.1000. The topological polar surface area (TPSA) is 33.7 Å². The summed E-state index contributed by atoms with van der Waals surface area (Å²) in [5.74, 6) is 0. The number of nitrogens with zero attached hydrogens (tertiary/aromatic N) is 1. The van der Waals surface area contributed by atoms with Gasteiger partial charge < -0.3 is 19.7 Å². The Labute approximate surface area is 106 Å². The van der Waals surface area contributed by atoms with Gasteiger partial charge in [-0.3, -0.25) is 0 Å². The summed E-state index contributed by atoms with van der Waals surface area (Å²) in [5.41, 5.74) is 0. The van der Waals surface area contributed by atoms with Crippen molar-refractivity contribution in [1.82, 2.24) is 10.2 Å². The summed E-state index contributed by atoms with van der Waals surface area (Å²) >= 11 is 0. The Kier molecular flexibility index (Phi) is 7.77. The molecule has 1 N–H and O–H groups in total. The molecule has 1 fully saturated rings. The van der Waals surface area contributed by atoms with E-state index < -0.39 is 0 Å². The molecule has 102 valence electrons. The first-order valence-corrected chi connectivity index (χ1v) is 6.81. The first-order valence-electron chi connectivity index (χ1n) is 6.81. The van der Waals surface area contributed by atoms with Gasteiger partial charge in [-0.15, -0.1) is 0 Å². The Hall–Kier alpha value is -0.160. The van der Waals surface area contributed by atoms with E-state index in [1.807, 2.05) is 0 Å². The van der Waals surface area contributed by atoms with E-state index in [-0.39, 0.29) is 6.29 Å². The highest BCUT2D eigenvalue weighted by atomic mass is 16.7. The van der Waals surface area contributed by atoms with Crippen molar-refractivity contribution < 1.29 is 9.47 Å². The van der Waals surface area contributed by atoms with Crippen molar-refractivity contribution in [1.29, 1.82) is 0 Å². The van der Waals surface area contributed by atoms with Crippen LogP contribution in [-0.4, -0.2) is 57.6 Å². The molecule has 1 heterocycles. The number of hydrogen-bond donors (Lipinski definition) is 1. The van der Waals surface area contributed by atoms with Crippen LogP contribution in [0.25, 0.3) is 0 Å². The summed E-state index contributed by atoms with van der Waals surface area (Å²) in [5, 5.41) is 3.55. The van der Waals surface area contributed by atoms with Crippen molar-refractivity contribution >= 4 is 0 Å². The van der Waals surface area contributed by atoms with Gasteiger partial charge in [0.05, 0.1) is 0 Å². The second kappa shape index (κ2) is 8.86. The van der Waals surface area contributed by atoms with Gasteiger partial charge in [-0.25, -0.2) is 0 Å². The Morgan fingerprint density at radius 3 is 2.65 bits per heavy atom. The predicted octanol–water partition coefficient (Wildman–Crippen LogP) is 1.46. The lowest BCUT2D eigenvalue weighted by atomic mass is 10.1. The molecular weight excluding hydrogens is 216 g/mol. The Morgan fingerprint density at radius 2 is 2.00 bits per heavy atom. The molecule has 0 aromatic carbocycles. The SMILES string of the molecule is CCCN1CCCC(NCC(OC)OC)CC1. The summed E-state index contributed by atoms with van der Waals surface area (Å²) < 4.78 is 10.4. The maximum absolute atomic E-state index is 5.19. The summed E-state index contributed by atoms with van der Waals surface area (Å²) in [6, 6.07) is 0.615. The molecule has 1 aliphatic heterocycles. The normalized spacial score (nSPS) is 22.9. The van der Waals surface area contributed by atoms with Crippen LogP contribution in [0.1, 0.15) is 32.6 Å². The summed E-state index contributed by atoms with van der Waals surface area (Å²) in [7, 11) is 3.37. The molecular formula is C13H28N2O2. The smallest absolute Gasteiger partial charge is 0.169 e. The third-order valence-electron chi connectivity index (χ3n) is 3.46. The summed E-state index contributed by atoms with van der Waals surface area (Å²) in [6.07, 6.45) is 4.93. The molecule has 4 heteroatoms. The lowest BCUT2D eigenvalue weighted by Gasteiger charge is -2.21. The highest BCUT2D eigenvalue weighted by Crippen LogP contribution is 2.11. The molecule has 1 rings (SSSR count). The quantitative estimate of drug-likeness (QED) is 0.688. The number of likely N-dealkylation sites (tertiary alicyclic amines) is 1. The molecule has 1 aliphatic rings. The van der Waals surface area contributed by atoms with Crippen LogP contribution in [0.5, 0.6) is 0 Å². The van der Waals surface area contributed by atoms with Gasteiger partial charge in [0, 0.05) is 26.8 Å².